The van der Waals surface area contributed by atoms with Crippen molar-refractivity contribution in [1.82, 2.24) is 15.0 Å². The molecule has 0 fully saturated rings. The molecule has 0 aliphatic heterocycles. The highest BCUT2D eigenvalue weighted by molar-refractivity contribution is 5.86. The molecule has 0 saturated carbocycles. The van der Waals surface area contributed by atoms with E-state index in [1.165, 1.54) is 5.56 Å². The van der Waals surface area contributed by atoms with E-state index in [0.29, 0.717) is 6.61 Å². The molecule has 5 heteroatoms. The molecule has 23 heavy (non-hydrogen) atoms. The highest BCUT2D eigenvalue weighted by Crippen LogP contribution is 2.07. The maximum Gasteiger partial charge on any atom is 0.360 e. The monoisotopic (exact) mass is 307 g/mol. The molecule has 0 bridgehead atoms. The Labute approximate surface area is 134 Å². The van der Waals surface area contributed by atoms with Crippen LogP contribution in [-0.2, 0) is 11.2 Å². The van der Waals surface area contributed by atoms with Crippen molar-refractivity contribution in [3.63, 3.8) is 0 Å². The lowest BCUT2D eigenvalue weighted by atomic mass is 10.1. The molecule has 116 valence electrons. The third kappa shape index (κ3) is 4.03. The number of carbonyl (C=O) groups excluding carboxylic acids is 1. The average molecular weight is 307 g/mol. The van der Waals surface area contributed by atoms with Gasteiger partial charge in [0, 0.05) is 0 Å². The first-order valence-electron chi connectivity index (χ1n) is 7.52. The van der Waals surface area contributed by atoms with E-state index in [0.717, 1.165) is 18.5 Å². The number of rotatable bonds is 6. The molecule has 0 unspecified atom stereocenters. The first-order valence-corrected chi connectivity index (χ1v) is 7.52. The number of benzene rings is 2. The van der Waals surface area contributed by atoms with Crippen molar-refractivity contribution >= 4 is 5.97 Å². The normalized spacial score (nSPS) is 10.4. The summed E-state index contributed by atoms with van der Waals surface area (Å²) in [5, 5.41) is 7.82. The van der Waals surface area contributed by atoms with E-state index in [-0.39, 0.29) is 5.69 Å². The summed E-state index contributed by atoms with van der Waals surface area (Å²) in [6.45, 7) is 0.367. The quantitative estimate of drug-likeness (QED) is 0.519. The second kappa shape index (κ2) is 7.35. The molecule has 0 amide bonds. The third-order valence-electron chi connectivity index (χ3n) is 3.41. The lowest BCUT2D eigenvalue weighted by molar-refractivity contribution is 0.0493. The fraction of sp³-hybridized carbons (Fsp3) is 0.167. The van der Waals surface area contributed by atoms with Crippen molar-refractivity contribution in [2.45, 2.75) is 12.8 Å². The van der Waals surface area contributed by atoms with Gasteiger partial charge in [0.2, 0.25) is 0 Å². The number of aromatic nitrogens is 3. The summed E-state index contributed by atoms with van der Waals surface area (Å²) in [6.07, 6.45) is 3.24. The van der Waals surface area contributed by atoms with Gasteiger partial charge in [-0.2, -0.15) is 0 Å². The van der Waals surface area contributed by atoms with Crippen LogP contribution in [0.2, 0.25) is 0 Å². The van der Waals surface area contributed by atoms with E-state index in [2.05, 4.69) is 22.4 Å². The summed E-state index contributed by atoms with van der Waals surface area (Å²) >= 11 is 0. The van der Waals surface area contributed by atoms with Crippen LogP contribution in [0.3, 0.4) is 0 Å². The number of ether oxygens (including phenoxy) is 1. The zero-order chi connectivity index (χ0) is 15.9. The van der Waals surface area contributed by atoms with Crippen LogP contribution in [0.4, 0.5) is 0 Å². The maximum absolute atomic E-state index is 12.0. The zero-order valence-electron chi connectivity index (χ0n) is 12.6. The van der Waals surface area contributed by atoms with Crippen LogP contribution < -0.4 is 0 Å². The lowest BCUT2D eigenvalue weighted by Crippen LogP contribution is -2.07. The van der Waals surface area contributed by atoms with E-state index in [1.807, 2.05) is 48.5 Å². The molecule has 0 aliphatic carbocycles. The van der Waals surface area contributed by atoms with Crippen molar-refractivity contribution in [2.24, 2.45) is 0 Å². The molecule has 0 spiro atoms. The average Bonchev–Trinajstić information content (AvgIpc) is 3.10. The van der Waals surface area contributed by atoms with Gasteiger partial charge in [-0.25, -0.2) is 9.48 Å². The molecule has 0 radical (unpaired) electrons. The van der Waals surface area contributed by atoms with Gasteiger partial charge >= 0.3 is 5.97 Å². The summed E-state index contributed by atoms with van der Waals surface area (Å²) in [4.78, 5) is 12.0. The molecule has 0 atom stereocenters. The highest BCUT2D eigenvalue weighted by atomic mass is 16.5. The molecular formula is C18H17N3O2. The number of hydrogen-bond acceptors (Lipinski definition) is 4. The van der Waals surface area contributed by atoms with Gasteiger partial charge in [0.25, 0.3) is 0 Å². The van der Waals surface area contributed by atoms with Gasteiger partial charge in [0.05, 0.1) is 18.5 Å². The predicted molar refractivity (Wildman–Crippen MR) is 86.4 cm³/mol. The molecule has 0 N–H and O–H groups in total. The van der Waals surface area contributed by atoms with Gasteiger partial charge < -0.3 is 4.74 Å². The van der Waals surface area contributed by atoms with Crippen LogP contribution in [0, 0.1) is 0 Å². The molecule has 2 aromatic carbocycles. The van der Waals surface area contributed by atoms with Crippen molar-refractivity contribution in [3.05, 3.63) is 78.1 Å². The summed E-state index contributed by atoms with van der Waals surface area (Å²) in [5.74, 6) is -0.444. The van der Waals surface area contributed by atoms with Gasteiger partial charge in [-0.1, -0.05) is 53.7 Å². The van der Waals surface area contributed by atoms with E-state index in [4.69, 9.17) is 4.74 Å². The molecular weight excluding hydrogens is 290 g/mol. The molecule has 3 aromatic rings. The van der Waals surface area contributed by atoms with E-state index >= 15 is 0 Å². The topological polar surface area (TPSA) is 57.0 Å². The van der Waals surface area contributed by atoms with Crippen molar-refractivity contribution < 1.29 is 9.53 Å². The number of nitrogens with zero attached hydrogens (tertiary/aromatic N) is 3. The Hall–Kier alpha value is -2.95. The fourth-order valence-electron chi connectivity index (χ4n) is 2.22. The van der Waals surface area contributed by atoms with Crippen LogP contribution in [-0.4, -0.2) is 27.6 Å². The zero-order valence-corrected chi connectivity index (χ0v) is 12.6. The minimum atomic E-state index is -0.444. The van der Waals surface area contributed by atoms with Crippen molar-refractivity contribution in [1.29, 1.82) is 0 Å². The summed E-state index contributed by atoms with van der Waals surface area (Å²) in [5.41, 5.74) is 2.30. The highest BCUT2D eigenvalue weighted by Gasteiger charge is 2.12. The first kappa shape index (κ1) is 15.0. The molecule has 0 saturated heterocycles. The van der Waals surface area contributed by atoms with Crippen molar-refractivity contribution in [2.75, 3.05) is 6.61 Å². The third-order valence-corrected chi connectivity index (χ3v) is 3.41. The number of carbonyl (C=O) groups is 1. The van der Waals surface area contributed by atoms with Gasteiger partial charge in [-0.3, -0.25) is 0 Å². The van der Waals surface area contributed by atoms with E-state index in [9.17, 15) is 4.79 Å². The van der Waals surface area contributed by atoms with Gasteiger partial charge in [0.1, 0.15) is 0 Å². The Morgan fingerprint density at radius 2 is 1.70 bits per heavy atom. The first-order chi connectivity index (χ1) is 11.3. The molecule has 1 aromatic heterocycles. The smallest absolute Gasteiger partial charge is 0.360 e. The Morgan fingerprint density at radius 3 is 2.43 bits per heavy atom. The largest absolute Gasteiger partial charge is 0.461 e. The molecule has 1 heterocycles. The predicted octanol–water partition coefficient (Wildman–Crippen LogP) is 3.06. The second-order valence-corrected chi connectivity index (χ2v) is 5.11. The molecule has 5 nitrogen and oxygen atoms in total. The van der Waals surface area contributed by atoms with Gasteiger partial charge in [0.15, 0.2) is 5.69 Å². The Balaban J connectivity index is 1.50. The Morgan fingerprint density at radius 1 is 1.00 bits per heavy atom. The summed E-state index contributed by atoms with van der Waals surface area (Å²) < 4.78 is 6.80. The standard InChI is InChI=1S/C18H17N3O2/c22-18(23-13-7-10-15-8-3-1-4-9-15)17-14-21(20-19-17)16-11-5-2-6-12-16/h1-6,8-9,11-12,14H,7,10,13H2. The van der Waals surface area contributed by atoms with E-state index in [1.54, 1.807) is 10.9 Å². The van der Waals surface area contributed by atoms with Crippen LogP contribution in [0.15, 0.2) is 66.9 Å². The van der Waals surface area contributed by atoms with Crippen LogP contribution in [0.5, 0.6) is 0 Å². The number of aryl methyl sites for hydroxylation is 1. The number of esters is 1. The Kier molecular flexibility index (Phi) is 4.79. The lowest BCUT2D eigenvalue weighted by Gasteiger charge is -2.03. The number of hydrogen-bond donors (Lipinski definition) is 0. The van der Waals surface area contributed by atoms with Crippen LogP contribution >= 0.6 is 0 Å². The minimum absolute atomic E-state index is 0.216. The number of para-hydroxylation sites is 1. The molecule has 0 aliphatic rings. The van der Waals surface area contributed by atoms with E-state index < -0.39 is 5.97 Å². The van der Waals surface area contributed by atoms with Gasteiger partial charge in [-0.05, 0) is 30.5 Å². The van der Waals surface area contributed by atoms with Crippen LogP contribution in [0.25, 0.3) is 5.69 Å². The summed E-state index contributed by atoms with van der Waals surface area (Å²) in [7, 11) is 0. The fourth-order valence-corrected chi connectivity index (χ4v) is 2.22. The van der Waals surface area contributed by atoms with Crippen LogP contribution in [0.1, 0.15) is 22.5 Å². The van der Waals surface area contributed by atoms with Gasteiger partial charge in [-0.15, -0.1) is 5.10 Å². The summed E-state index contributed by atoms with van der Waals surface area (Å²) in [6, 6.07) is 19.6. The minimum Gasteiger partial charge on any atom is -0.461 e. The maximum atomic E-state index is 12.0. The second-order valence-electron chi connectivity index (χ2n) is 5.11. The molecule has 3 rings (SSSR count). The SMILES string of the molecule is O=C(OCCCc1ccccc1)c1cn(-c2ccccc2)nn1. The van der Waals surface area contributed by atoms with Crippen molar-refractivity contribution in [3.8, 4) is 5.69 Å². The Bertz CT molecular complexity index is 754.